The van der Waals surface area contributed by atoms with E-state index in [2.05, 4.69) is 47.4 Å². The number of nitrogens with one attached hydrogen (secondary N) is 1. The SMILES string of the molecule is CCc1cc(NC(=O)C(=O)N2C[C@@H](C)CC[C@@H]2c2ccc3sc(C4CC5(C4)CN(C)C5)nc3c2)cnc1N. The number of carbonyl (C=O) groups is 2. The van der Waals surface area contributed by atoms with Crippen LogP contribution in [-0.4, -0.2) is 58.3 Å². The third kappa shape index (κ3) is 4.56. The summed E-state index contributed by atoms with van der Waals surface area (Å²) in [5.74, 6) is 0.183. The number of benzene rings is 1. The van der Waals surface area contributed by atoms with E-state index >= 15 is 0 Å². The highest BCUT2D eigenvalue weighted by Crippen LogP contribution is 2.56. The number of rotatable bonds is 4. The second kappa shape index (κ2) is 9.61. The number of aryl methyl sites for hydroxylation is 1. The summed E-state index contributed by atoms with van der Waals surface area (Å²) in [6.07, 6.45) is 6.51. The molecule has 3 N–H and O–H groups in total. The van der Waals surface area contributed by atoms with Crippen molar-refractivity contribution in [2.45, 2.75) is 57.9 Å². The number of nitrogens with two attached hydrogens (primary N) is 1. The Labute approximate surface area is 227 Å². The Kier molecular flexibility index (Phi) is 6.39. The van der Waals surface area contributed by atoms with Gasteiger partial charge in [0.15, 0.2) is 0 Å². The second-order valence-electron chi connectivity index (χ2n) is 11.8. The van der Waals surface area contributed by atoms with Crippen molar-refractivity contribution in [3.05, 3.63) is 46.6 Å². The van der Waals surface area contributed by atoms with E-state index in [1.807, 2.05) is 6.92 Å². The van der Waals surface area contributed by atoms with Gasteiger partial charge >= 0.3 is 11.8 Å². The smallest absolute Gasteiger partial charge is 0.313 e. The molecule has 1 spiro atoms. The van der Waals surface area contributed by atoms with Crippen LogP contribution in [0.2, 0.25) is 0 Å². The highest BCUT2D eigenvalue weighted by Gasteiger charge is 2.52. The van der Waals surface area contributed by atoms with Crippen LogP contribution in [-0.2, 0) is 16.0 Å². The van der Waals surface area contributed by atoms with Gasteiger partial charge in [0.05, 0.1) is 33.2 Å². The van der Waals surface area contributed by atoms with Crippen molar-refractivity contribution in [3.63, 3.8) is 0 Å². The Morgan fingerprint density at radius 2 is 2.00 bits per heavy atom. The molecular formula is C29H36N6O2S. The van der Waals surface area contributed by atoms with Crippen molar-refractivity contribution in [2.24, 2.45) is 11.3 Å². The summed E-state index contributed by atoms with van der Waals surface area (Å²) < 4.78 is 1.19. The van der Waals surface area contributed by atoms with Gasteiger partial charge in [0.25, 0.3) is 0 Å². The van der Waals surface area contributed by atoms with E-state index in [1.54, 1.807) is 22.3 Å². The quantitative estimate of drug-likeness (QED) is 0.477. The van der Waals surface area contributed by atoms with E-state index in [0.717, 1.165) is 29.5 Å². The number of hydrogen-bond donors (Lipinski definition) is 2. The molecule has 9 heteroatoms. The number of fused-ring (bicyclic) bond motifs is 1. The maximum absolute atomic E-state index is 13.4. The molecule has 3 fully saturated rings. The lowest BCUT2D eigenvalue weighted by atomic mass is 9.58. The summed E-state index contributed by atoms with van der Waals surface area (Å²) in [4.78, 5) is 39.8. The minimum absolute atomic E-state index is 0.146. The summed E-state index contributed by atoms with van der Waals surface area (Å²) in [6, 6.07) is 8.03. The average Bonchev–Trinajstić information content (AvgIpc) is 3.28. The lowest BCUT2D eigenvalue weighted by molar-refractivity contribution is -0.146. The van der Waals surface area contributed by atoms with E-state index in [4.69, 9.17) is 10.7 Å². The van der Waals surface area contributed by atoms with E-state index < -0.39 is 11.8 Å². The predicted molar refractivity (Wildman–Crippen MR) is 151 cm³/mol. The molecule has 2 aliphatic heterocycles. The molecular weight excluding hydrogens is 496 g/mol. The molecule has 38 heavy (non-hydrogen) atoms. The highest BCUT2D eigenvalue weighted by atomic mass is 32.1. The number of aromatic nitrogens is 2. The van der Waals surface area contributed by atoms with Crippen LogP contribution in [0.15, 0.2) is 30.5 Å². The van der Waals surface area contributed by atoms with Gasteiger partial charge in [-0.3, -0.25) is 9.59 Å². The summed E-state index contributed by atoms with van der Waals surface area (Å²) in [6.45, 7) is 7.08. The number of amides is 2. The van der Waals surface area contributed by atoms with Crippen molar-refractivity contribution in [3.8, 4) is 0 Å². The standard InChI is InChI=1S/C29H36N6O2S/c1-4-18-9-21(13-31-25(18)30)32-26(36)28(37)35-14-17(2)5-7-23(35)19-6-8-24-22(10-19)33-27(38-24)20-11-29(12-20)15-34(3)16-29/h6,8-10,13,17,20,23H,4-5,7,11-12,14-16H2,1-3H3,(H2,30,31)(H,32,36)/t17-,23+/m0/s1. The number of nitrogens with zero attached hydrogens (tertiary/aromatic N) is 4. The zero-order valence-electron chi connectivity index (χ0n) is 22.4. The zero-order valence-corrected chi connectivity index (χ0v) is 23.2. The maximum atomic E-state index is 13.4. The molecule has 2 aromatic heterocycles. The predicted octanol–water partition coefficient (Wildman–Crippen LogP) is 4.58. The molecule has 0 bridgehead atoms. The number of pyridine rings is 1. The zero-order chi connectivity index (χ0) is 26.6. The number of anilines is 2. The van der Waals surface area contributed by atoms with Crippen LogP contribution < -0.4 is 11.1 Å². The van der Waals surface area contributed by atoms with Crippen LogP contribution in [0.4, 0.5) is 11.5 Å². The Balaban J connectivity index is 1.19. The van der Waals surface area contributed by atoms with Crippen molar-refractivity contribution < 1.29 is 9.59 Å². The molecule has 3 aromatic rings. The molecule has 200 valence electrons. The first-order chi connectivity index (χ1) is 18.2. The molecule has 3 aliphatic rings. The van der Waals surface area contributed by atoms with Crippen molar-refractivity contribution in [2.75, 3.05) is 37.7 Å². The van der Waals surface area contributed by atoms with Gasteiger partial charge in [-0.2, -0.15) is 0 Å². The van der Waals surface area contributed by atoms with E-state index in [9.17, 15) is 9.59 Å². The number of likely N-dealkylation sites (tertiary alicyclic amines) is 2. The normalized spacial score (nSPS) is 23.3. The van der Waals surface area contributed by atoms with Gasteiger partial charge in [0.2, 0.25) is 0 Å². The number of thiazole rings is 1. The van der Waals surface area contributed by atoms with Gasteiger partial charge in [-0.25, -0.2) is 9.97 Å². The van der Waals surface area contributed by atoms with Crippen LogP contribution in [0.3, 0.4) is 0 Å². The molecule has 4 heterocycles. The van der Waals surface area contributed by atoms with Crippen LogP contribution in [0, 0.1) is 11.3 Å². The largest absolute Gasteiger partial charge is 0.383 e. The van der Waals surface area contributed by atoms with Crippen LogP contribution in [0.1, 0.15) is 67.6 Å². The molecule has 2 amide bonds. The molecule has 8 nitrogen and oxygen atoms in total. The Morgan fingerprint density at radius 1 is 1.21 bits per heavy atom. The fourth-order valence-electron chi connectivity index (χ4n) is 6.77. The average molecular weight is 533 g/mol. The number of piperidine rings is 1. The van der Waals surface area contributed by atoms with Gasteiger partial charge < -0.3 is 20.9 Å². The summed E-state index contributed by atoms with van der Waals surface area (Å²) in [5.41, 5.74) is 9.81. The molecule has 2 saturated heterocycles. The molecule has 0 radical (unpaired) electrons. The lowest BCUT2D eigenvalue weighted by Crippen LogP contribution is -2.59. The summed E-state index contributed by atoms with van der Waals surface area (Å²) in [7, 11) is 2.19. The Hall–Kier alpha value is -3.04. The van der Waals surface area contributed by atoms with Gasteiger partial charge in [-0.05, 0) is 79.8 Å². The van der Waals surface area contributed by atoms with Gasteiger partial charge in [-0.1, -0.05) is 19.9 Å². The second-order valence-corrected chi connectivity index (χ2v) is 12.9. The van der Waals surface area contributed by atoms with Crippen molar-refractivity contribution >= 4 is 44.9 Å². The van der Waals surface area contributed by atoms with E-state index in [0.29, 0.717) is 41.7 Å². The van der Waals surface area contributed by atoms with Gasteiger partial charge in [-0.15, -0.1) is 11.3 Å². The number of nitrogen functional groups attached to an aromatic ring is 1. The highest BCUT2D eigenvalue weighted by molar-refractivity contribution is 7.18. The van der Waals surface area contributed by atoms with Crippen LogP contribution in [0.5, 0.6) is 0 Å². The number of hydrogen-bond acceptors (Lipinski definition) is 7. The van der Waals surface area contributed by atoms with Crippen molar-refractivity contribution in [1.29, 1.82) is 0 Å². The summed E-state index contributed by atoms with van der Waals surface area (Å²) in [5, 5.41) is 3.98. The first-order valence-corrected chi connectivity index (χ1v) is 14.5. The van der Waals surface area contributed by atoms with Gasteiger partial charge in [0.1, 0.15) is 5.82 Å². The fraction of sp³-hybridized carbons (Fsp3) is 0.517. The molecule has 6 rings (SSSR count). The molecule has 1 aliphatic carbocycles. The molecule has 1 aromatic carbocycles. The van der Waals surface area contributed by atoms with Crippen LogP contribution >= 0.6 is 11.3 Å². The monoisotopic (exact) mass is 532 g/mol. The van der Waals surface area contributed by atoms with Crippen LogP contribution in [0.25, 0.3) is 10.2 Å². The first-order valence-electron chi connectivity index (χ1n) is 13.7. The maximum Gasteiger partial charge on any atom is 0.313 e. The van der Waals surface area contributed by atoms with Gasteiger partial charge in [0, 0.05) is 25.6 Å². The molecule has 0 unspecified atom stereocenters. The van der Waals surface area contributed by atoms with E-state index in [1.165, 1.54) is 41.8 Å². The number of carbonyl (C=O) groups excluding carboxylic acids is 2. The summed E-state index contributed by atoms with van der Waals surface area (Å²) >= 11 is 1.81. The first kappa shape index (κ1) is 25.2. The fourth-order valence-corrected chi connectivity index (χ4v) is 7.82. The minimum atomic E-state index is -0.643. The Morgan fingerprint density at radius 3 is 2.74 bits per heavy atom. The van der Waals surface area contributed by atoms with Crippen molar-refractivity contribution in [1.82, 2.24) is 19.8 Å². The molecule has 1 saturated carbocycles. The third-order valence-electron chi connectivity index (χ3n) is 8.64. The third-order valence-corrected chi connectivity index (χ3v) is 9.84. The lowest BCUT2D eigenvalue weighted by Gasteiger charge is -2.58. The van der Waals surface area contributed by atoms with E-state index in [-0.39, 0.29) is 6.04 Å². The topological polar surface area (TPSA) is 104 Å². The Bertz CT molecular complexity index is 1390. The molecule has 2 atom stereocenters. The minimum Gasteiger partial charge on any atom is -0.383 e.